The molecule has 44 heavy (non-hydrogen) atoms. The summed E-state index contributed by atoms with van der Waals surface area (Å²) in [5.41, 5.74) is 5.98. The third-order valence-electron chi connectivity index (χ3n) is 7.46. The fraction of sp³-hybridized carbons (Fsp3) is 0.152. The molecule has 1 N–H and O–H groups in total. The summed E-state index contributed by atoms with van der Waals surface area (Å²) in [4.78, 5) is 14.8. The van der Waals surface area contributed by atoms with Gasteiger partial charge in [-0.3, -0.25) is 9.10 Å². The normalized spacial score (nSPS) is 11.5. The van der Waals surface area contributed by atoms with Gasteiger partial charge in [0.05, 0.1) is 24.1 Å². The zero-order chi connectivity index (χ0) is 31.0. The van der Waals surface area contributed by atoms with Gasteiger partial charge in [-0.15, -0.1) is 10.2 Å². The van der Waals surface area contributed by atoms with Crippen LogP contribution in [0.4, 0.5) is 5.69 Å². The fourth-order valence-electron chi connectivity index (χ4n) is 5.06. The molecule has 4 aromatic carbocycles. The summed E-state index contributed by atoms with van der Waals surface area (Å²) in [5, 5.41) is 16.3. The third-order valence-corrected chi connectivity index (χ3v) is 8.65. The number of fused-ring (bicyclic) bond motifs is 1. The molecule has 0 saturated carbocycles. The molecule has 222 valence electrons. The average molecular weight is 607 g/mol. The Morgan fingerprint density at radius 1 is 0.932 bits per heavy atom. The van der Waals surface area contributed by atoms with E-state index in [2.05, 4.69) is 20.7 Å². The van der Waals surface area contributed by atoms with Gasteiger partial charge in [0.25, 0.3) is 5.91 Å². The lowest BCUT2D eigenvalue weighted by Crippen LogP contribution is -2.25. The molecule has 0 unspecified atom stereocenters. The summed E-state index contributed by atoms with van der Waals surface area (Å²) in [6.07, 6.45) is 1.14. The topological polar surface area (TPSA) is 123 Å². The average Bonchev–Trinajstić information content (AvgIpc) is 3.65. The Morgan fingerprint density at radius 2 is 1.66 bits per heavy atom. The van der Waals surface area contributed by atoms with E-state index in [1.54, 1.807) is 19.2 Å². The van der Waals surface area contributed by atoms with Crippen LogP contribution < -0.4 is 9.62 Å². The number of hydrogen-bond donors (Lipinski definition) is 1. The lowest BCUT2D eigenvalue weighted by atomic mass is 9.97. The number of benzene rings is 4. The number of nitrogens with zero attached hydrogens (tertiary/aromatic N) is 5. The molecular weight excluding hydrogens is 576 g/mol. The Bertz CT molecular complexity index is 2100. The van der Waals surface area contributed by atoms with E-state index < -0.39 is 10.0 Å². The van der Waals surface area contributed by atoms with Gasteiger partial charge in [0, 0.05) is 42.2 Å². The number of tetrazole rings is 1. The number of aromatic nitrogens is 4. The smallest absolute Gasteiger partial charge is 0.255 e. The first-order valence-electron chi connectivity index (χ1n) is 13.9. The number of carbonyl (C=O) groups excluding carboxylic acids is 1. The van der Waals surface area contributed by atoms with Crippen molar-refractivity contribution in [2.75, 3.05) is 24.7 Å². The third kappa shape index (κ3) is 5.57. The highest BCUT2D eigenvalue weighted by Crippen LogP contribution is 2.41. The molecule has 2 aromatic heterocycles. The maximum Gasteiger partial charge on any atom is 0.255 e. The van der Waals surface area contributed by atoms with E-state index >= 15 is 0 Å². The van der Waals surface area contributed by atoms with Crippen LogP contribution in [0.1, 0.15) is 21.5 Å². The van der Waals surface area contributed by atoms with Gasteiger partial charge in [-0.25, -0.2) is 8.42 Å². The van der Waals surface area contributed by atoms with E-state index in [9.17, 15) is 13.2 Å². The van der Waals surface area contributed by atoms with Crippen LogP contribution in [0.3, 0.4) is 0 Å². The van der Waals surface area contributed by atoms with Crippen LogP contribution in [0.2, 0.25) is 0 Å². The molecule has 1 amide bonds. The lowest BCUT2D eigenvalue weighted by molar-refractivity contribution is 0.0964. The van der Waals surface area contributed by atoms with Crippen molar-refractivity contribution in [1.82, 2.24) is 25.5 Å². The summed E-state index contributed by atoms with van der Waals surface area (Å²) >= 11 is 0. The van der Waals surface area contributed by atoms with Crippen LogP contribution in [0, 0.1) is 6.92 Å². The van der Waals surface area contributed by atoms with Gasteiger partial charge in [0.15, 0.2) is 0 Å². The molecular formula is C33H30N6O4S. The van der Waals surface area contributed by atoms with E-state index in [-0.39, 0.29) is 5.91 Å². The van der Waals surface area contributed by atoms with Crippen molar-refractivity contribution in [1.29, 1.82) is 0 Å². The van der Waals surface area contributed by atoms with Crippen molar-refractivity contribution in [3.05, 3.63) is 108 Å². The molecule has 6 aromatic rings. The number of aryl methyl sites for hydroxylation is 1. The number of carbonyl (C=O) groups is 1. The van der Waals surface area contributed by atoms with Crippen LogP contribution in [0.25, 0.3) is 44.8 Å². The van der Waals surface area contributed by atoms with Gasteiger partial charge < -0.3 is 9.73 Å². The molecule has 10 nitrogen and oxygen atoms in total. The second kappa shape index (κ2) is 11.4. The molecule has 0 radical (unpaired) electrons. The molecule has 11 heteroatoms. The second-order valence-corrected chi connectivity index (χ2v) is 12.6. The number of rotatable bonds is 8. The van der Waals surface area contributed by atoms with Crippen LogP contribution in [0.5, 0.6) is 0 Å². The van der Waals surface area contributed by atoms with Gasteiger partial charge in [0.1, 0.15) is 11.3 Å². The fourth-order valence-corrected chi connectivity index (χ4v) is 5.57. The van der Waals surface area contributed by atoms with Gasteiger partial charge in [-0.05, 0) is 35.4 Å². The van der Waals surface area contributed by atoms with Crippen molar-refractivity contribution >= 4 is 32.6 Å². The van der Waals surface area contributed by atoms with Gasteiger partial charge in [0.2, 0.25) is 15.8 Å². The highest BCUT2D eigenvalue weighted by Gasteiger charge is 2.26. The van der Waals surface area contributed by atoms with E-state index in [0.29, 0.717) is 57.0 Å². The predicted molar refractivity (Wildman–Crippen MR) is 171 cm³/mol. The molecule has 0 aliphatic heterocycles. The first-order chi connectivity index (χ1) is 21.1. The van der Waals surface area contributed by atoms with E-state index in [4.69, 9.17) is 4.42 Å². The standard InChI is InChI=1S/C33H30N6O4S/c1-21-13-15-23(16-14-21)31-30(33(40)34-2)27-18-26(28(19-29(27)43-31)38(3)44(4,41)42)24-11-8-12-25(17-24)32-35-37-39(36-32)20-22-9-6-5-7-10-22/h5-19H,20H2,1-4H3,(H,34,40). The zero-order valence-corrected chi connectivity index (χ0v) is 25.5. The number of anilines is 1. The van der Waals surface area contributed by atoms with Crippen molar-refractivity contribution < 1.29 is 17.6 Å². The molecule has 0 spiro atoms. The minimum Gasteiger partial charge on any atom is -0.455 e. The summed E-state index contributed by atoms with van der Waals surface area (Å²) in [6, 6.07) is 28.5. The number of sulfonamides is 1. The van der Waals surface area contributed by atoms with Gasteiger partial charge in [-0.2, -0.15) is 4.80 Å². The molecule has 0 atom stereocenters. The second-order valence-electron chi connectivity index (χ2n) is 10.6. The zero-order valence-electron chi connectivity index (χ0n) is 24.6. The molecule has 6 rings (SSSR count). The maximum absolute atomic E-state index is 13.2. The van der Waals surface area contributed by atoms with E-state index in [0.717, 1.165) is 22.9 Å². The largest absolute Gasteiger partial charge is 0.455 e. The monoisotopic (exact) mass is 606 g/mol. The van der Waals surface area contributed by atoms with Crippen molar-refractivity contribution in [2.24, 2.45) is 0 Å². The summed E-state index contributed by atoms with van der Waals surface area (Å²) in [6.45, 7) is 2.45. The maximum atomic E-state index is 13.2. The molecule has 0 bridgehead atoms. The number of hydrogen-bond acceptors (Lipinski definition) is 7. The Morgan fingerprint density at radius 3 is 2.36 bits per heavy atom. The first-order valence-corrected chi connectivity index (χ1v) is 15.7. The molecule has 0 fully saturated rings. The number of furan rings is 1. The van der Waals surface area contributed by atoms with E-state index in [1.165, 1.54) is 16.1 Å². The first kappa shape index (κ1) is 28.8. The van der Waals surface area contributed by atoms with Crippen LogP contribution in [0.15, 0.2) is 95.4 Å². The number of amides is 1. The highest BCUT2D eigenvalue weighted by molar-refractivity contribution is 7.92. The molecule has 0 aliphatic rings. The molecule has 0 aliphatic carbocycles. The number of nitrogens with one attached hydrogen (secondary N) is 1. The van der Waals surface area contributed by atoms with E-state index in [1.807, 2.05) is 85.8 Å². The highest BCUT2D eigenvalue weighted by atomic mass is 32.2. The van der Waals surface area contributed by atoms with Crippen molar-refractivity contribution in [2.45, 2.75) is 13.5 Å². The Labute approximate surface area is 255 Å². The quantitative estimate of drug-likeness (QED) is 0.242. The predicted octanol–water partition coefficient (Wildman–Crippen LogP) is 5.53. The lowest BCUT2D eigenvalue weighted by Gasteiger charge is -2.21. The summed E-state index contributed by atoms with van der Waals surface area (Å²) in [7, 11) is -0.597. The molecule has 0 saturated heterocycles. The van der Waals surface area contributed by atoms with Crippen LogP contribution in [-0.4, -0.2) is 54.9 Å². The van der Waals surface area contributed by atoms with Gasteiger partial charge >= 0.3 is 0 Å². The van der Waals surface area contributed by atoms with Gasteiger partial charge in [-0.1, -0.05) is 78.4 Å². The summed E-state index contributed by atoms with van der Waals surface area (Å²) < 4.78 is 33.0. The Kier molecular flexibility index (Phi) is 7.48. The van der Waals surface area contributed by atoms with Crippen molar-refractivity contribution in [3.63, 3.8) is 0 Å². The van der Waals surface area contributed by atoms with Crippen LogP contribution >= 0.6 is 0 Å². The molecule has 2 heterocycles. The van der Waals surface area contributed by atoms with Crippen molar-refractivity contribution in [3.8, 4) is 33.8 Å². The summed E-state index contributed by atoms with van der Waals surface area (Å²) in [5.74, 6) is 0.512. The minimum absolute atomic E-state index is 0.317. The Hall–Kier alpha value is -5.29. The Balaban J connectivity index is 1.51. The SMILES string of the molecule is CNC(=O)c1c(-c2ccc(C)cc2)oc2cc(N(C)S(C)(=O)=O)c(-c3cccc(-c4nnn(Cc5ccccc5)n4)c3)cc12. The van der Waals surface area contributed by atoms with Crippen LogP contribution in [-0.2, 0) is 16.6 Å². The minimum atomic E-state index is -3.65.